The van der Waals surface area contributed by atoms with Crippen molar-refractivity contribution in [3.63, 3.8) is 0 Å². The summed E-state index contributed by atoms with van der Waals surface area (Å²) >= 11 is 3.11. The number of carbonyl (C=O) groups is 2. The Balaban J connectivity index is 1.75. The van der Waals surface area contributed by atoms with Gasteiger partial charge in [-0.1, -0.05) is 40.6 Å². The molecule has 0 fully saturated rings. The van der Waals surface area contributed by atoms with Crippen molar-refractivity contribution in [2.24, 2.45) is 5.92 Å². The average Bonchev–Trinajstić information content (AvgIpc) is 3.09. The number of allylic oxidation sites excluding steroid dienone is 1. The van der Waals surface area contributed by atoms with Gasteiger partial charge in [0.1, 0.15) is 11.9 Å². The lowest BCUT2D eigenvalue weighted by atomic mass is 9.86. The summed E-state index contributed by atoms with van der Waals surface area (Å²) in [4.78, 5) is 25.3. The number of alkyl halides is 7. The second-order valence-corrected chi connectivity index (χ2v) is 10.9. The maximum absolute atomic E-state index is 14.1. The molecule has 0 saturated carbocycles. The molecular weight excluding hydrogens is 665 g/mol. The van der Waals surface area contributed by atoms with Crippen LogP contribution in [0.2, 0.25) is 0 Å². The fraction of sp³-hybridized carbons (Fsp3) is 0.290. The normalized spacial score (nSPS) is 17.5. The lowest BCUT2D eigenvalue weighted by Gasteiger charge is -2.24. The van der Waals surface area contributed by atoms with Crippen LogP contribution in [0.5, 0.6) is 11.5 Å². The lowest BCUT2D eigenvalue weighted by molar-refractivity contribution is -0.145. The first-order valence-corrected chi connectivity index (χ1v) is 14.1. The van der Waals surface area contributed by atoms with Gasteiger partial charge in [-0.25, -0.2) is 9.18 Å². The molecule has 0 spiro atoms. The number of esters is 1. The quantitative estimate of drug-likeness (QED) is 0.117. The molecule has 3 aromatic carbocycles. The number of aromatic hydroxyl groups is 1. The highest BCUT2D eigenvalue weighted by atomic mass is 79.9. The number of phenols is 1. The molecule has 5 nitrogen and oxygen atoms in total. The van der Waals surface area contributed by atoms with E-state index in [1.54, 1.807) is 12.1 Å². The van der Waals surface area contributed by atoms with E-state index in [2.05, 4.69) is 15.9 Å². The maximum Gasteiger partial charge on any atom is 0.416 e. The highest BCUT2D eigenvalue weighted by Crippen LogP contribution is 2.42. The van der Waals surface area contributed by atoms with E-state index in [-0.39, 0.29) is 46.9 Å². The summed E-state index contributed by atoms with van der Waals surface area (Å²) in [6.45, 7) is 1.53. The number of ketones is 1. The summed E-state index contributed by atoms with van der Waals surface area (Å²) < 4.78 is 106. The second kappa shape index (κ2) is 12.6. The van der Waals surface area contributed by atoms with E-state index in [0.717, 1.165) is 18.2 Å². The van der Waals surface area contributed by atoms with Gasteiger partial charge in [-0.2, -0.15) is 26.3 Å². The molecule has 0 unspecified atom stereocenters. The smallest absolute Gasteiger partial charge is 0.416 e. The molecule has 2 atom stereocenters. The summed E-state index contributed by atoms with van der Waals surface area (Å²) in [7, 11) is 1.29. The molecule has 4 rings (SSSR count). The minimum Gasteiger partial charge on any atom is -0.505 e. The minimum absolute atomic E-state index is 0.000632. The average molecular weight is 689 g/mol. The number of benzene rings is 3. The number of phenolic OH excluding ortho intramolecular Hbond substituents is 1. The van der Waals surface area contributed by atoms with Crippen molar-refractivity contribution >= 4 is 27.7 Å². The van der Waals surface area contributed by atoms with Crippen molar-refractivity contribution in [3.05, 3.63) is 93.8 Å². The lowest BCUT2D eigenvalue weighted by Crippen LogP contribution is -2.18. The Labute approximate surface area is 255 Å². The maximum atomic E-state index is 14.1. The third kappa shape index (κ3) is 7.25. The summed E-state index contributed by atoms with van der Waals surface area (Å²) in [6.07, 6.45) is -10.5. The zero-order valence-corrected chi connectivity index (χ0v) is 24.7. The van der Waals surface area contributed by atoms with Crippen LogP contribution < -0.4 is 4.74 Å². The van der Waals surface area contributed by atoms with Gasteiger partial charge >= 0.3 is 18.3 Å². The second-order valence-electron chi connectivity index (χ2n) is 10.3. The van der Waals surface area contributed by atoms with Gasteiger partial charge in [0.2, 0.25) is 0 Å². The fourth-order valence-electron chi connectivity index (χ4n) is 5.11. The van der Waals surface area contributed by atoms with Gasteiger partial charge < -0.3 is 14.6 Å². The third-order valence-electron chi connectivity index (χ3n) is 7.13. The van der Waals surface area contributed by atoms with Crippen LogP contribution in [0.15, 0.2) is 60.2 Å². The Hall–Kier alpha value is -3.87. The molecule has 1 N–H and O–H groups in total. The van der Waals surface area contributed by atoms with Crippen LogP contribution in [-0.2, 0) is 28.3 Å². The molecule has 1 aliphatic heterocycles. The number of halogens is 8. The van der Waals surface area contributed by atoms with Crippen LogP contribution >= 0.6 is 15.9 Å². The molecule has 0 aliphatic carbocycles. The first-order valence-electron chi connectivity index (χ1n) is 13.0. The number of Topliss-reactive ketones (excluding diaryl/α,β-unsaturated/α-hetero) is 1. The van der Waals surface area contributed by atoms with E-state index in [0.29, 0.717) is 28.8 Å². The largest absolute Gasteiger partial charge is 0.505 e. The molecule has 0 bridgehead atoms. The summed E-state index contributed by atoms with van der Waals surface area (Å²) in [5.41, 5.74) is -1.69. The van der Waals surface area contributed by atoms with Gasteiger partial charge in [-0.05, 0) is 59.9 Å². The molecule has 3 aromatic rings. The standard InChI is InChI=1S/C31H24BrF7O5/c1-15-5-16(7-28(42)44-29(15)19-9-20(30(34,35)36)11-21(10-19)31(37,38)39)6-18-8-17(26(41)14-32)3-4-22(18)23-12-25(40)24(33)13-27(23)43-2/h3-4,7-13,15,29,40H,5-6,14H2,1-2H3/t15-,29+/m1/s1. The number of hydrogen-bond donors (Lipinski definition) is 1. The number of cyclic esters (lactones) is 1. The van der Waals surface area contributed by atoms with Crippen LogP contribution in [-0.4, -0.2) is 29.3 Å². The summed E-state index contributed by atoms with van der Waals surface area (Å²) in [6, 6.07) is 7.81. The molecule has 13 heteroatoms. The van der Waals surface area contributed by atoms with Crippen molar-refractivity contribution in [2.45, 2.75) is 38.2 Å². The summed E-state index contributed by atoms with van der Waals surface area (Å²) in [5.74, 6) is -3.56. The van der Waals surface area contributed by atoms with Crippen molar-refractivity contribution in [2.75, 3.05) is 12.4 Å². The summed E-state index contributed by atoms with van der Waals surface area (Å²) in [5, 5.41) is 10.1. The van der Waals surface area contributed by atoms with Crippen molar-refractivity contribution in [3.8, 4) is 22.6 Å². The van der Waals surface area contributed by atoms with Crippen LogP contribution in [0.1, 0.15) is 52.1 Å². The molecule has 1 aliphatic rings. The molecule has 234 valence electrons. The van der Waals surface area contributed by atoms with Crippen LogP contribution in [0, 0.1) is 11.7 Å². The first-order chi connectivity index (χ1) is 20.5. The highest BCUT2D eigenvalue weighted by Gasteiger charge is 2.39. The Morgan fingerprint density at radius 1 is 1.00 bits per heavy atom. The molecular formula is C31H24BrF7O5. The monoisotopic (exact) mass is 688 g/mol. The Morgan fingerprint density at radius 2 is 1.64 bits per heavy atom. The Morgan fingerprint density at radius 3 is 2.20 bits per heavy atom. The van der Waals surface area contributed by atoms with Gasteiger partial charge in [0.05, 0.1) is 23.6 Å². The third-order valence-corrected chi connectivity index (χ3v) is 7.64. The fourth-order valence-corrected chi connectivity index (χ4v) is 5.43. The predicted octanol–water partition coefficient (Wildman–Crippen LogP) is 8.62. The minimum atomic E-state index is -5.08. The predicted molar refractivity (Wildman–Crippen MR) is 149 cm³/mol. The molecule has 44 heavy (non-hydrogen) atoms. The number of ether oxygens (including phenoxy) is 2. The van der Waals surface area contributed by atoms with Crippen LogP contribution in [0.3, 0.4) is 0 Å². The number of carbonyl (C=O) groups excluding carboxylic acids is 2. The van der Waals surface area contributed by atoms with Gasteiger partial charge in [0.15, 0.2) is 17.3 Å². The van der Waals surface area contributed by atoms with E-state index in [1.807, 2.05) is 0 Å². The zero-order valence-electron chi connectivity index (χ0n) is 23.1. The van der Waals surface area contributed by atoms with E-state index in [1.165, 1.54) is 20.1 Å². The zero-order chi connectivity index (χ0) is 32.6. The molecule has 1 heterocycles. The van der Waals surface area contributed by atoms with Crippen LogP contribution in [0.25, 0.3) is 11.1 Å². The molecule has 0 aromatic heterocycles. The first kappa shape index (κ1) is 33.0. The van der Waals surface area contributed by atoms with Crippen molar-refractivity contribution in [1.82, 2.24) is 0 Å². The van der Waals surface area contributed by atoms with Crippen LogP contribution in [0.4, 0.5) is 30.7 Å². The van der Waals surface area contributed by atoms with E-state index >= 15 is 0 Å². The topological polar surface area (TPSA) is 72.8 Å². The Bertz CT molecular complexity index is 1600. The number of methoxy groups -OCH3 is 1. The van der Waals surface area contributed by atoms with Gasteiger partial charge in [-0.3, -0.25) is 4.79 Å². The van der Waals surface area contributed by atoms with Gasteiger partial charge in [0.25, 0.3) is 0 Å². The van der Waals surface area contributed by atoms with Gasteiger partial charge in [0, 0.05) is 29.2 Å². The van der Waals surface area contributed by atoms with Crippen molar-refractivity contribution in [1.29, 1.82) is 0 Å². The number of hydrogen-bond acceptors (Lipinski definition) is 5. The van der Waals surface area contributed by atoms with E-state index < -0.39 is 58.6 Å². The SMILES string of the molecule is COc1cc(F)c(O)cc1-c1ccc(C(=O)CBr)cc1CC1=CC(=O)O[C@H](c2cc(C(F)(F)F)cc(C(F)(F)F)c2)[C@H](C)C1. The highest BCUT2D eigenvalue weighted by molar-refractivity contribution is 9.09. The van der Waals surface area contributed by atoms with E-state index in [9.17, 15) is 45.4 Å². The van der Waals surface area contributed by atoms with E-state index in [4.69, 9.17) is 9.47 Å². The Kier molecular flexibility index (Phi) is 9.48. The molecule has 0 radical (unpaired) electrons. The van der Waals surface area contributed by atoms with Crippen molar-refractivity contribution < 1.29 is 54.9 Å². The number of rotatable bonds is 7. The molecule has 0 saturated heterocycles. The molecule has 0 amide bonds. The van der Waals surface area contributed by atoms with Gasteiger partial charge in [-0.15, -0.1) is 0 Å².